The van der Waals surface area contributed by atoms with Crippen LogP contribution in [0.5, 0.6) is 0 Å². The van der Waals surface area contributed by atoms with Gasteiger partial charge in [0.2, 0.25) is 0 Å². The molecule has 1 fully saturated rings. The molecule has 0 aromatic carbocycles. The monoisotopic (exact) mass is 225 g/mol. The average molecular weight is 225 g/mol. The number of hydrogen-bond acceptors (Lipinski definition) is 2. The number of imidazole rings is 1. The molecule has 1 aliphatic rings. The number of aromatic nitrogens is 2. The largest absolute Gasteiger partial charge is 0.335 e. The van der Waals surface area contributed by atoms with Crippen molar-refractivity contribution in [1.29, 1.82) is 0 Å². The third-order valence-corrected chi connectivity index (χ3v) is 3.43. The normalized spacial score (nSPS) is 23.2. The third kappa shape index (κ3) is 2.69. The van der Waals surface area contributed by atoms with Gasteiger partial charge < -0.3 is 14.5 Å². The molecule has 1 N–H and O–H groups in total. The Morgan fingerprint density at radius 1 is 1.60 bits per heavy atom. The molecule has 2 rings (SSSR count). The van der Waals surface area contributed by atoms with E-state index in [0.717, 1.165) is 22.9 Å². The van der Waals surface area contributed by atoms with Crippen LogP contribution in [0.25, 0.3) is 0 Å². The molecule has 1 unspecified atom stereocenters. The standard InChI is InChI=1S/C11H19N3S/c1-9-6-14(11(15)12-9)8-10-4-3-5-13(2)7-10/h6,10H,3-5,7-8H2,1-2H3,(H,12,15). The lowest BCUT2D eigenvalue weighted by Gasteiger charge is -2.29. The summed E-state index contributed by atoms with van der Waals surface area (Å²) in [6.07, 6.45) is 4.77. The number of aromatic amines is 1. The van der Waals surface area contributed by atoms with Crippen LogP contribution >= 0.6 is 12.2 Å². The molecule has 0 spiro atoms. The van der Waals surface area contributed by atoms with Gasteiger partial charge in [-0.2, -0.15) is 0 Å². The van der Waals surface area contributed by atoms with Gasteiger partial charge in [-0.25, -0.2) is 0 Å². The van der Waals surface area contributed by atoms with Crippen LogP contribution in [0.15, 0.2) is 6.20 Å². The molecule has 1 aromatic rings. The summed E-state index contributed by atoms with van der Waals surface area (Å²) in [5, 5.41) is 0. The predicted molar refractivity (Wildman–Crippen MR) is 64.6 cm³/mol. The summed E-state index contributed by atoms with van der Waals surface area (Å²) in [6, 6.07) is 0. The number of likely N-dealkylation sites (tertiary alicyclic amines) is 1. The first kappa shape index (κ1) is 10.9. The minimum atomic E-state index is 0.755. The van der Waals surface area contributed by atoms with Gasteiger partial charge in [0.05, 0.1) is 0 Å². The van der Waals surface area contributed by atoms with Crippen LogP contribution in [0, 0.1) is 17.6 Å². The first-order valence-electron chi connectivity index (χ1n) is 5.60. The molecule has 15 heavy (non-hydrogen) atoms. The van der Waals surface area contributed by atoms with E-state index >= 15 is 0 Å². The summed E-state index contributed by atoms with van der Waals surface area (Å²) >= 11 is 5.26. The van der Waals surface area contributed by atoms with E-state index in [9.17, 15) is 0 Å². The average Bonchev–Trinajstić information content (AvgIpc) is 2.45. The van der Waals surface area contributed by atoms with Gasteiger partial charge in [0, 0.05) is 25.0 Å². The Morgan fingerprint density at radius 3 is 3.00 bits per heavy atom. The van der Waals surface area contributed by atoms with Crippen LogP contribution in [0.4, 0.5) is 0 Å². The maximum atomic E-state index is 5.26. The summed E-state index contributed by atoms with van der Waals surface area (Å²) in [5.74, 6) is 0.755. The Bertz CT molecular complexity index is 379. The van der Waals surface area contributed by atoms with Crippen molar-refractivity contribution < 1.29 is 0 Å². The van der Waals surface area contributed by atoms with Crippen LogP contribution in [0.3, 0.4) is 0 Å². The molecule has 84 valence electrons. The predicted octanol–water partition coefficient (Wildman–Crippen LogP) is 2.20. The maximum absolute atomic E-state index is 5.26. The van der Waals surface area contributed by atoms with Crippen LogP contribution in [-0.4, -0.2) is 34.6 Å². The second-order valence-corrected chi connectivity index (χ2v) is 5.05. The van der Waals surface area contributed by atoms with Crippen LogP contribution in [-0.2, 0) is 6.54 Å². The van der Waals surface area contributed by atoms with Crippen molar-refractivity contribution in [3.8, 4) is 0 Å². The number of piperidine rings is 1. The zero-order chi connectivity index (χ0) is 10.8. The molecule has 3 nitrogen and oxygen atoms in total. The van der Waals surface area contributed by atoms with E-state index in [0.29, 0.717) is 0 Å². The molecule has 1 saturated heterocycles. The smallest absolute Gasteiger partial charge is 0.177 e. The number of rotatable bonds is 2. The second kappa shape index (κ2) is 4.49. The van der Waals surface area contributed by atoms with Crippen LogP contribution in [0.2, 0.25) is 0 Å². The van der Waals surface area contributed by atoms with Gasteiger partial charge in [0.25, 0.3) is 0 Å². The van der Waals surface area contributed by atoms with E-state index < -0.39 is 0 Å². The molecule has 0 bridgehead atoms. The number of aryl methyl sites for hydroxylation is 1. The highest BCUT2D eigenvalue weighted by Crippen LogP contribution is 2.17. The number of hydrogen-bond donors (Lipinski definition) is 1. The Balaban J connectivity index is 2.02. The third-order valence-electron chi connectivity index (χ3n) is 3.09. The van der Waals surface area contributed by atoms with E-state index in [1.54, 1.807) is 0 Å². The van der Waals surface area contributed by atoms with Crippen LogP contribution in [0.1, 0.15) is 18.5 Å². The van der Waals surface area contributed by atoms with Gasteiger partial charge >= 0.3 is 0 Å². The minimum absolute atomic E-state index is 0.755. The Kier molecular flexibility index (Phi) is 3.26. The zero-order valence-electron chi connectivity index (χ0n) is 9.49. The first-order chi connectivity index (χ1) is 7.15. The van der Waals surface area contributed by atoms with Gasteiger partial charge in [-0.15, -0.1) is 0 Å². The van der Waals surface area contributed by atoms with E-state index in [1.807, 2.05) is 0 Å². The van der Waals surface area contributed by atoms with Crippen molar-refractivity contribution in [3.05, 3.63) is 16.7 Å². The van der Waals surface area contributed by atoms with Gasteiger partial charge in [-0.05, 0) is 51.5 Å². The summed E-state index contributed by atoms with van der Waals surface area (Å²) < 4.78 is 3.04. The highest BCUT2D eigenvalue weighted by Gasteiger charge is 2.17. The minimum Gasteiger partial charge on any atom is -0.335 e. The fraction of sp³-hybridized carbons (Fsp3) is 0.727. The Labute approximate surface area is 96.1 Å². The summed E-state index contributed by atoms with van der Waals surface area (Å²) in [6.45, 7) is 5.56. The molecule has 0 amide bonds. The lowest BCUT2D eigenvalue weighted by atomic mass is 9.98. The van der Waals surface area contributed by atoms with E-state index in [4.69, 9.17) is 12.2 Å². The molecule has 0 saturated carbocycles. The van der Waals surface area contributed by atoms with Crippen molar-refractivity contribution in [3.63, 3.8) is 0 Å². The maximum Gasteiger partial charge on any atom is 0.177 e. The van der Waals surface area contributed by atoms with Crippen molar-refractivity contribution in [2.45, 2.75) is 26.3 Å². The first-order valence-corrected chi connectivity index (χ1v) is 6.00. The van der Waals surface area contributed by atoms with Crippen molar-refractivity contribution in [1.82, 2.24) is 14.5 Å². The SMILES string of the molecule is Cc1cn(CC2CCCN(C)C2)c(=S)[nH]1. The quantitative estimate of drug-likeness (QED) is 0.780. The Morgan fingerprint density at radius 2 is 2.40 bits per heavy atom. The van der Waals surface area contributed by atoms with Crippen molar-refractivity contribution in [2.24, 2.45) is 5.92 Å². The fourth-order valence-electron chi connectivity index (χ4n) is 2.40. The van der Waals surface area contributed by atoms with E-state index in [1.165, 1.54) is 25.9 Å². The summed E-state index contributed by atoms with van der Waals surface area (Å²) in [7, 11) is 2.20. The Hall–Kier alpha value is -0.610. The molecule has 1 aromatic heterocycles. The molecule has 2 heterocycles. The summed E-state index contributed by atoms with van der Waals surface area (Å²) in [4.78, 5) is 5.59. The molecular weight excluding hydrogens is 206 g/mol. The fourth-order valence-corrected chi connectivity index (χ4v) is 2.69. The molecule has 1 atom stereocenters. The molecule has 1 aliphatic heterocycles. The molecule has 0 radical (unpaired) electrons. The number of nitrogens with zero attached hydrogens (tertiary/aromatic N) is 2. The highest BCUT2D eigenvalue weighted by atomic mass is 32.1. The van der Waals surface area contributed by atoms with Crippen LogP contribution < -0.4 is 0 Å². The number of nitrogens with one attached hydrogen (secondary N) is 1. The second-order valence-electron chi connectivity index (χ2n) is 4.67. The molecular formula is C11H19N3S. The van der Waals surface area contributed by atoms with Gasteiger partial charge in [0.15, 0.2) is 4.77 Å². The molecule has 0 aliphatic carbocycles. The number of H-pyrrole nitrogens is 1. The van der Waals surface area contributed by atoms with E-state index in [2.05, 4.69) is 34.6 Å². The highest BCUT2D eigenvalue weighted by molar-refractivity contribution is 7.71. The van der Waals surface area contributed by atoms with Gasteiger partial charge in [-0.1, -0.05) is 0 Å². The summed E-state index contributed by atoms with van der Waals surface area (Å²) in [5.41, 5.74) is 1.16. The van der Waals surface area contributed by atoms with Crippen molar-refractivity contribution >= 4 is 12.2 Å². The lowest BCUT2D eigenvalue weighted by molar-refractivity contribution is 0.194. The van der Waals surface area contributed by atoms with Crippen molar-refractivity contribution in [2.75, 3.05) is 20.1 Å². The van der Waals surface area contributed by atoms with Gasteiger partial charge in [0.1, 0.15) is 0 Å². The van der Waals surface area contributed by atoms with Gasteiger partial charge in [-0.3, -0.25) is 0 Å². The lowest BCUT2D eigenvalue weighted by Crippen LogP contribution is -2.34. The van der Waals surface area contributed by atoms with E-state index in [-0.39, 0.29) is 0 Å². The molecule has 4 heteroatoms. The topological polar surface area (TPSA) is 24.0 Å². The zero-order valence-corrected chi connectivity index (χ0v) is 10.3.